The molecule has 140 valence electrons. The van der Waals surface area contributed by atoms with Crippen molar-refractivity contribution in [2.24, 2.45) is 10.1 Å². The molecular formula is C18H16ClN3O3S2. The van der Waals surface area contributed by atoms with Gasteiger partial charge in [0.1, 0.15) is 0 Å². The summed E-state index contributed by atoms with van der Waals surface area (Å²) in [7, 11) is -3.81. The van der Waals surface area contributed by atoms with Crippen LogP contribution in [0, 0.1) is 0 Å². The molecule has 3 aromatic rings. The maximum Gasteiger partial charge on any atom is 0.252 e. The van der Waals surface area contributed by atoms with Crippen LogP contribution in [-0.4, -0.2) is 18.9 Å². The molecule has 2 N–H and O–H groups in total. The molecule has 9 heteroatoms. The van der Waals surface area contributed by atoms with Gasteiger partial charge in [-0.05, 0) is 29.8 Å². The van der Waals surface area contributed by atoms with E-state index in [4.69, 9.17) is 16.7 Å². The molecule has 3 rings (SSSR count). The Labute approximate surface area is 165 Å². The number of amides is 1. The number of carbonyl (C=O) groups is 1. The van der Waals surface area contributed by atoms with Crippen molar-refractivity contribution in [1.82, 2.24) is 4.57 Å². The normalized spacial score (nSPS) is 12.4. The number of rotatable bonds is 5. The molecule has 1 amide bonds. The first-order valence-electron chi connectivity index (χ1n) is 7.87. The fourth-order valence-corrected chi connectivity index (χ4v) is 4.49. The van der Waals surface area contributed by atoms with Gasteiger partial charge in [-0.1, -0.05) is 47.2 Å². The standard InChI is InChI=1S/C18H16ClN3O3S2/c1-2-9-22-15-8-7-13(27(20,24)25)11-16(15)26-18(22)21-17(23)10-12-5-3-4-6-14(12)19/h2-8,11H,1,9-10H2,(H2,20,24,25). The minimum absolute atomic E-state index is 0.0101. The lowest BCUT2D eigenvalue weighted by Gasteiger charge is -2.02. The lowest BCUT2D eigenvalue weighted by molar-refractivity contribution is -0.117. The number of nitrogens with zero attached hydrogens (tertiary/aromatic N) is 2. The Hall–Kier alpha value is -2.26. The fraction of sp³-hybridized carbons (Fsp3) is 0.111. The summed E-state index contributed by atoms with van der Waals surface area (Å²) in [6.07, 6.45) is 1.75. The molecule has 0 saturated heterocycles. The Morgan fingerprint density at radius 1 is 1.30 bits per heavy atom. The Balaban J connectivity index is 2.07. The number of hydrogen-bond donors (Lipinski definition) is 1. The molecule has 0 aliphatic rings. The Morgan fingerprint density at radius 3 is 2.70 bits per heavy atom. The number of thiazole rings is 1. The molecule has 0 fully saturated rings. The second-order valence-corrected chi connectivity index (χ2v) is 8.71. The Morgan fingerprint density at radius 2 is 2.04 bits per heavy atom. The van der Waals surface area contributed by atoms with Crippen LogP contribution >= 0.6 is 22.9 Å². The predicted molar refractivity (Wildman–Crippen MR) is 107 cm³/mol. The van der Waals surface area contributed by atoms with Crippen molar-refractivity contribution in [3.8, 4) is 0 Å². The van der Waals surface area contributed by atoms with Crippen LogP contribution in [0.2, 0.25) is 5.02 Å². The first kappa shape index (κ1) is 19.5. The number of halogens is 1. The number of sulfonamides is 1. The highest BCUT2D eigenvalue weighted by Crippen LogP contribution is 2.21. The van der Waals surface area contributed by atoms with E-state index in [1.165, 1.54) is 23.5 Å². The lowest BCUT2D eigenvalue weighted by Crippen LogP contribution is -2.17. The summed E-state index contributed by atoms with van der Waals surface area (Å²) in [6.45, 7) is 4.15. The highest BCUT2D eigenvalue weighted by Gasteiger charge is 2.13. The van der Waals surface area contributed by atoms with Gasteiger partial charge in [0.2, 0.25) is 10.0 Å². The summed E-state index contributed by atoms with van der Waals surface area (Å²) < 4.78 is 25.6. The predicted octanol–water partition coefficient (Wildman–Crippen LogP) is 2.86. The minimum atomic E-state index is -3.81. The molecule has 6 nitrogen and oxygen atoms in total. The monoisotopic (exact) mass is 421 g/mol. The van der Waals surface area contributed by atoms with Crippen LogP contribution < -0.4 is 9.94 Å². The summed E-state index contributed by atoms with van der Waals surface area (Å²) in [5.41, 5.74) is 1.44. The number of benzene rings is 2. The number of fused-ring (bicyclic) bond motifs is 1. The molecule has 0 spiro atoms. The lowest BCUT2D eigenvalue weighted by atomic mass is 10.1. The molecule has 0 radical (unpaired) electrons. The molecule has 27 heavy (non-hydrogen) atoms. The fourth-order valence-electron chi connectivity index (χ4n) is 2.57. The van der Waals surface area contributed by atoms with Crippen molar-refractivity contribution in [2.45, 2.75) is 17.9 Å². The SMILES string of the molecule is C=CCn1c(=NC(=O)Cc2ccccc2Cl)sc2cc(S(N)(=O)=O)ccc21. The molecule has 0 unspecified atom stereocenters. The van der Waals surface area contributed by atoms with Gasteiger partial charge in [-0.3, -0.25) is 4.79 Å². The quantitative estimate of drug-likeness (QED) is 0.641. The molecule has 0 saturated carbocycles. The zero-order valence-electron chi connectivity index (χ0n) is 14.1. The third-order valence-electron chi connectivity index (χ3n) is 3.81. The van der Waals surface area contributed by atoms with E-state index in [-0.39, 0.29) is 17.2 Å². The van der Waals surface area contributed by atoms with Crippen LogP contribution in [-0.2, 0) is 27.8 Å². The summed E-state index contributed by atoms with van der Waals surface area (Å²) in [4.78, 5) is 17.1. The number of allylic oxidation sites excluding steroid dienone is 1. The van der Waals surface area contributed by atoms with Crippen molar-refractivity contribution in [3.63, 3.8) is 0 Å². The molecule has 1 heterocycles. The third kappa shape index (κ3) is 4.36. The van der Waals surface area contributed by atoms with Gasteiger partial charge >= 0.3 is 0 Å². The number of carbonyl (C=O) groups excluding carboxylic acids is 1. The van der Waals surface area contributed by atoms with Gasteiger partial charge in [-0.15, -0.1) is 6.58 Å². The van der Waals surface area contributed by atoms with Gasteiger partial charge in [0.15, 0.2) is 4.80 Å². The van der Waals surface area contributed by atoms with E-state index in [2.05, 4.69) is 11.6 Å². The van der Waals surface area contributed by atoms with Gasteiger partial charge in [0.05, 0.1) is 21.5 Å². The third-order valence-corrected chi connectivity index (χ3v) is 6.14. The van der Waals surface area contributed by atoms with Crippen LogP contribution in [0.4, 0.5) is 0 Å². The van der Waals surface area contributed by atoms with Gasteiger partial charge in [-0.2, -0.15) is 4.99 Å². The molecule has 1 aromatic heterocycles. The highest BCUT2D eigenvalue weighted by atomic mass is 35.5. The van der Waals surface area contributed by atoms with Crippen molar-refractivity contribution < 1.29 is 13.2 Å². The van der Waals surface area contributed by atoms with E-state index < -0.39 is 10.0 Å². The van der Waals surface area contributed by atoms with Crippen LogP contribution in [0.3, 0.4) is 0 Å². The largest absolute Gasteiger partial charge is 0.313 e. The second kappa shape index (κ2) is 7.77. The first-order valence-corrected chi connectivity index (χ1v) is 10.6. The van der Waals surface area contributed by atoms with Crippen molar-refractivity contribution in [2.75, 3.05) is 0 Å². The second-order valence-electron chi connectivity index (χ2n) is 5.73. The smallest absolute Gasteiger partial charge is 0.252 e. The van der Waals surface area contributed by atoms with Gasteiger partial charge < -0.3 is 4.57 Å². The average molecular weight is 422 g/mol. The van der Waals surface area contributed by atoms with E-state index in [1.54, 1.807) is 41.0 Å². The molecule has 2 aromatic carbocycles. The van der Waals surface area contributed by atoms with Crippen molar-refractivity contribution in [3.05, 3.63) is 70.5 Å². The van der Waals surface area contributed by atoms with Gasteiger partial charge in [0.25, 0.3) is 5.91 Å². The summed E-state index contributed by atoms with van der Waals surface area (Å²) >= 11 is 7.31. The number of hydrogen-bond acceptors (Lipinski definition) is 4. The average Bonchev–Trinajstić information content (AvgIpc) is 2.93. The van der Waals surface area contributed by atoms with E-state index >= 15 is 0 Å². The van der Waals surface area contributed by atoms with Crippen LogP contribution in [0.15, 0.2) is 65.0 Å². The molecular weight excluding hydrogens is 406 g/mol. The molecule has 0 atom stereocenters. The zero-order valence-corrected chi connectivity index (χ0v) is 16.5. The van der Waals surface area contributed by atoms with Crippen LogP contribution in [0.5, 0.6) is 0 Å². The first-order chi connectivity index (χ1) is 12.8. The Bertz CT molecular complexity index is 1210. The number of nitrogens with two attached hydrogens (primary N) is 1. The zero-order chi connectivity index (χ0) is 19.6. The topological polar surface area (TPSA) is 94.5 Å². The number of aromatic nitrogens is 1. The van der Waals surface area contributed by atoms with E-state index in [9.17, 15) is 13.2 Å². The van der Waals surface area contributed by atoms with Crippen LogP contribution in [0.1, 0.15) is 5.56 Å². The van der Waals surface area contributed by atoms with E-state index in [0.29, 0.717) is 26.6 Å². The Kier molecular flexibility index (Phi) is 5.61. The number of primary sulfonamides is 1. The van der Waals surface area contributed by atoms with E-state index in [0.717, 1.165) is 5.52 Å². The van der Waals surface area contributed by atoms with Gasteiger partial charge in [-0.25, -0.2) is 13.6 Å². The molecule has 0 aliphatic carbocycles. The van der Waals surface area contributed by atoms with Crippen molar-refractivity contribution in [1.29, 1.82) is 0 Å². The summed E-state index contributed by atoms with van der Waals surface area (Å²) in [5, 5.41) is 5.70. The van der Waals surface area contributed by atoms with Gasteiger partial charge in [0, 0.05) is 11.6 Å². The van der Waals surface area contributed by atoms with Crippen LogP contribution in [0.25, 0.3) is 10.2 Å². The highest BCUT2D eigenvalue weighted by molar-refractivity contribution is 7.89. The maximum atomic E-state index is 12.4. The maximum absolute atomic E-state index is 12.4. The summed E-state index contributed by atoms with van der Waals surface area (Å²) in [5.74, 6) is -0.348. The summed E-state index contributed by atoms with van der Waals surface area (Å²) in [6, 6.07) is 11.6. The molecule has 0 aliphatic heterocycles. The minimum Gasteiger partial charge on any atom is -0.313 e. The van der Waals surface area contributed by atoms with Crippen molar-refractivity contribution >= 4 is 49.1 Å². The van der Waals surface area contributed by atoms with E-state index in [1.807, 2.05) is 0 Å². The molecule has 0 bridgehead atoms.